The van der Waals surface area contributed by atoms with Crippen LogP contribution in [0.2, 0.25) is 0 Å². The molecular formula is C11H14N4O. The molecule has 2 aromatic heterocycles. The Morgan fingerprint density at radius 2 is 2.31 bits per heavy atom. The van der Waals surface area contributed by atoms with E-state index < -0.39 is 0 Å². The molecule has 0 unspecified atom stereocenters. The Hall–Kier alpha value is -1.88. The van der Waals surface area contributed by atoms with Crippen LogP contribution < -0.4 is 5.73 Å². The van der Waals surface area contributed by atoms with Gasteiger partial charge < -0.3 is 10.5 Å². The molecule has 0 amide bonds. The topological polar surface area (TPSA) is 66.0 Å². The maximum Gasteiger partial charge on any atom is 0.0832 e. The normalized spacial score (nSPS) is 10.6. The van der Waals surface area contributed by atoms with Crippen molar-refractivity contribution in [3.8, 4) is 5.69 Å². The molecule has 0 saturated carbocycles. The monoisotopic (exact) mass is 218 g/mol. The SMILES string of the molecule is COCCc1c(N)cnn1-c1cccnc1. The minimum absolute atomic E-state index is 0.621. The number of nitrogen functional groups attached to an aromatic ring is 1. The summed E-state index contributed by atoms with van der Waals surface area (Å²) in [7, 11) is 1.67. The lowest BCUT2D eigenvalue weighted by molar-refractivity contribution is 0.201. The third-order valence-corrected chi connectivity index (χ3v) is 2.33. The third-order valence-electron chi connectivity index (χ3n) is 2.33. The number of nitrogens with zero attached hydrogens (tertiary/aromatic N) is 3. The summed E-state index contributed by atoms with van der Waals surface area (Å²) in [6.07, 6.45) is 5.86. The molecule has 2 aromatic rings. The van der Waals surface area contributed by atoms with Crippen LogP contribution in [0.4, 0.5) is 5.69 Å². The molecule has 0 aromatic carbocycles. The van der Waals surface area contributed by atoms with Crippen molar-refractivity contribution in [2.75, 3.05) is 19.5 Å². The maximum atomic E-state index is 5.86. The molecule has 0 atom stereocenters. The molecule has 84 valence electrons. The van der Waals surface area contributed by atoms with Crippen LogP contribution in [0.25, 0.3) is 5.69 Å². The van der Waals surface area contributed by atoms with Gasteiger partial charge in [0.1, 0.15) is 0 Å². The lowest BCUT2D eigenvalue weighted by Crippen LogP contribution is -2.07. The highest BCUT2D eigenvalue weighted by Crippen LogP contribution is 2.16. The quantitative estimate of drug-likeness (QED) is 0.832. The van der Waals surface area contributed by atoms with Crippen molar-refractivity contribution in [3.63, 3.8) is 0 Å². The fourth-order valence-electron chi connectivity index (χ4n) is 1.54. The van der Waals surface area contributed by atoms with E-state index in [1.54, 1.807) is 30.4 Å². The lowest BCUT2D eigenvalue weighted by atomic mass is 10.3. The molecular weight excluding hydrogens is 204 g/mol. The molecule has 0 spiro atoms. The summed E-state index contributed by atoms with van der Waals surface area (Å²) < 4.78 is 6.84. The van der Waals surface area contributed by atoms with Gasteiger partial charge in [-0.25, -0.2) is 4.68 Å². The summed E-state index contributed by atoms with van der Waals surface area (Å²) in [6.45, 7) is 0.621. The molecule has 5 nitrogen and oxygen atoms in total. The van der Waals surface area contributed by atoms with Crippen LogP contribution in [0.5, 0.6) is 0 Å². The Balaban J connectivity index is 2.34. The summed E-state index contributed by atoms with van der Waals surface area (Å²) in [5.41, 5.74) is 8.40. The van der Waals surface area contributed by atoms with Crippen molar-refractivity contribution in [2.45, 2.75) is 6.42 Å². The van der Waals surface area contributed by atoms with Gasteiger partial charge in [-0.05, 0) is 12.1 Å². The second-order valence-electron chi connectivity index (χ2n) is 3.41. The fourth-order valence-corrected chi connectivity index (χ4v) is 1.54. The molecule has 0 aliphatic heterocycles. The van der Waals surface area contributed by atoms with E-state index in [4.69, 9.17) is 10.5 Å². The van der Waals surface area contributed by atoms with E-state index in [2.05, 4.69) is 10.1 Å². The van der Waals surface area contributed by atoms with Crippen LogP contribution in [0.15, 0.2) is 30.7 Å². The van der Waals surface area contributed by atoms with Gasteiger partial charge in [0.15, 0.2) is 0 Å². The van der Waals surface area contributed by atoms with Gasteiger partial charge in [0.25, 0.3) is 0 Å². The number of ether oxygens (including phenoxy) is 1. The van der Waals surface area contributed by atoms with Gasteiger partial charge in [0, 0.05) is 19.7 Å². The van der Waals surface area contributed by atoms with Gasteiger partial charge in [0.2, 0.25) is 0 Å². The second-order valence-corrected chi connectivity index (χ2v) is 3.41. The molecule has 2 rings (SSSR count). The first kappa shape index (κ1) is 10.6. The van der Waals surface area contributed by atoms with Crippen molar-refractivity contribution >= 4 is 5.69 Å². The Kier molecular flexibility index (Phi) is 3.16. The number of anilines is 1. The number of aromatic nitrogens is 3. The largest absolute Gasteiger partial charge is 0.396 e. The van der Waals surface area contributed by atoms with E-state index in [1.807, 2.05) is 12.1 Å². The second kappa shape index (κ2) is 4.76. The molecule has 0 radical (unpaired) electrons. The average molecular weight is 218 g/mol. The number of nitrogens with two attached hydrogens (primary N) is 1. The first-order valence-corrected chi connectivity index (χ1v) is 5.04. The van der Waals surface area contributed by atoms with E-state index in [0.29, 0.717) is 12.3 Å². The fraction of sp³-hybridized carbons (Fsp3) is 0.273. The van der Waals surface area contributed by atoms with Crippen molar-refractivity contribution in [1.29, 1.82) is 0 Å². The Bertz CT molecular complexity index is 452. The van der Waals surface area contributed by atoms with E-state index >= 15 is 0 Å². The van der Waals surface area contributed by atoms with Crippen molar-refractivity contribution in [2.24, 2.45) is 0 Å². The van der Waals surface area contributed by atoms with Gasteiger partial charge in [-0.3, -0.25) is 4.98 Å². The van der Waals surface area contributed by atoms with Gasteiger partial charge in [-0.2, -0.15) is 5.10 Å². The molecule has 0 aliphatic carbocycles. The number of methoxy groups -OCH3 is 1. The zero-order valence-corrected chi connectivity index (χ0v) is 9.13. The minimum Gasteiger partial charge on any atom is -0.396 e. The maximum absolute atomic E-state index is 5.86. The summed E-state index contributed by atoms with van der Waals surface area (Å²) in [6, 6.07) is 3.81. The zero-order valence-electron chi connectivity index (χ0n) is 9.13. The van der Waals surface area contributed by atoms with Gasteiger partial charge >= 0.3 is 0 Å². The molecule has 0 fully saturated rings. The summed E-state index contributed by atoms with van der Waals surface area (Å²) >= 11 is 0. The van der Waals surface area contributed by atoms with Crippen LogP contribution >= 0.6 is 0 Å². The van der Waals surface area contributed by atoms with E-state index in [0.717, 1.165) is 17.8 Å². The van der Waals surface area contributed by atoms with Crippen LogP contribution in [0, 0.1) is 0 Å². The molecule has 2 heterocycles. The first-order chi connectivity index (χ1) is 7.83. The standard InChI is InChI=1S/C11H14N4O/c1-16-6-4-11-10(12)8-14-15(11)9-3-2-5-13-7-9/h2-3,5,7-8H,4,6,12H2,1H3. The molecule has 16 heavy (non-hydrogen) atoms. The van der Waals surface area contributed by atoms with Crippen molar-refractivity contribution < 1.29 is 4.74 Å². The summed E-state index contributed by atoms with van der Waals surface area (Å²) in [5, 5.41) is 4.23. The predicted octanol–water partition coefficient (Wildman–Crippen LogP) is 1.04. The number of hydrogen-bond donors (Lipinski definition) is 1. The van der Waals surface area contributed by atoms with Crippen LogP contribution in [0.3, 0.4) is 0 Å². The number of pyridine rings is 1. The average Bonchev–Trinajstić information content (AvgIpc) is 2.69. The van der Waals surface area contributed by atoms with Crippen molar-refractivity contribution in [3.05, 3.63) is 36.4 Å². The lowest BCUT2D eigenvalue weighted by Gasteiger charge is -2.07. The Labute approximate surface area is 93.9 Å². The van der Waals surface area contributed by atoms with Crippen molar-refractivity contribution in [1.82, 2.24) is 14.8 Å². The smallest absolute Gasteiger partial charge is 0.0832 e. The highest BCUT2D eigenvalue weighted by atomic mass is 16.5. The molecule has 0 saturated heterocycles. The van der Waals surface area contributed by atoms with E-state index in [1.165, 1.54) is 0 Å². The molecule has 2 N–H and O–H groups in total. The number of hydrogen-bond acceptors (Lipinski definition) is 4. The Morgan fingerprint density at radius 3 is 3.00 bits per heavy atom. The molecule has 5 heteroatoms. The summed E-state index contributed by atoms with van der Waals surface area (Å²) in [4.78, 5) is 4.06. The van der Waals surface area contributed by atoms with E-state index in [9.17, 15) is 0 Å². The van der Waals surface area contributed by atoms with Gasteiger partial charge in [-0.1, -0.05) is 0 Å². The van der Waals surface area contributed by atoms with Gasteiger partial charge in [-0.15, -0.1) is 0 Å². The number of rotatable bonds is 4. The zero-order chi connectivity index (χ0) is 11.4. The molecule has 0 aliphatic rings. The summed E-state index contributed by atoms with van der Waals surface area (Å²) in [5.74, 6) is 0. The highest BCUT2D eigenvalue weighted by Gasteiger charge is 2.09. The van der Waals surface area contributed by atoms with E-state index in [-0.39, 0.29) is 0 Å². The third kappa shape index (κ3) is 2.04. The Morgan fingerprint density at radius 1 is 1.44 bits per heavy atom. The van der Waals surface area contributed by atoms with Gasteiger partial charge in [0.05, 0.1) is 36.1 Å². The predicted molar refractivity (Wildman–Crippen MR) is 61.4 cm³/mol. The molecule has 0 bridgehead atoms. The minimum atomic E-state index is 0.621. The highest BCUT2D eigenvalue weighted by molar-refractivity contribution is 5.45. The van der Waals surface area contributed by atoms with Crippen LogP contribution in [0.1, 0.15) is 5.69 Å². The van der Waals surface area contributed by atoms with Crippen LogP contribution in [-0.4, -0.2) is 28.5 Å². The van der Waals surface area contributed by atoms with Crippen LogP contribution in [-0.2, 0) is 11.2 Å². The first-order valence-electron chi connectivity index (χ1n) is 5.04.